The summed E-state index contributed by atoms with van der Waals surface area (Å²) in [6.07, 6.45) is 10.6. The average molecular weight is 1510 g/mol. The molecule has 0 bridgehead atoms. The van der Waals surface area contributed by atoms with E-state index in [0.29, 0.717) is 128 Å². The highest BCUT2D eigenvalue weighted by Gasteiger charge is 2.39. The van der Waals surface area contributed by atoms with Crippen molar-refractivity contribution >= 4 is 104 Å². The molecule has 24 heteroatoms. The van der Waals surface area contributed by atoms with Crippen molar-refractivity contribution in [3.8, 4) is 35.5 Å². The van der Waals surface area contributed by atoms with Crippen LogP contribution in [0.1, 0.15) is 225 Å². The number of nitrogens with zero attached hydrogens (tertiary/aromatic N) is 6. The number of amides is 6. The van der Waals surface area contributed by atoms with Gasteiger partial charge in [-0.2, -0.15) is 0 Å². The van der Waals surface area contributed by atoms with E-state index in [2.05, 4.69) is 56.3 Å². The molecule has 0 radical (unpaired) electrons. The second-order valence-corrected chi connectivity index (χ2v) is 35.8. The Morgan fingerprint density at radius 2 is 0.610 bits per heavy atom. The molecule has 3 aromatic rings. The highest BCUT2D eigenvalue weighted by Crippen LogP contribution is 2.40. The minimum absolute atomic E-state index is 0.0387. The quantitative estimate of drug-likeness (QED) is 0.100. The molecule has 3 aliphatic heterocycles. The first-order valence-corrected chi connectivity index (χ1v) is 40.1. The van der Waals surface area contributed by atoms with E-state index < -0.39 is 35.7 Å². The van der Waals surface area contributed by atoms with Crippen LogP contribution in [0.25, 0.3) is 0 Å². The van der Waals surface area contributed by atoms with Crippen LogP contribution in [0.15, 0.2) is 18.2 Å². The van der Waals surface area contributed by atoms with Crippen LogP contribution in [-0.4, -0.2) is 182 Å². The maximum atomic E-state index is 13.8. The predicted molar refractivity (Wildman–Crippen MR) is 413 cm³/mol. The molecule has 21 nitrogen and oxygen atoms in total. The Morgan fingerprint density at radius 3 is 0.800 bits per heavy atom. The fraction of sp³-hybridized carbons (Fsp3) is 0.667. The number of rotatable bonds is 18. The molecule has 3 aliphatic carbocycles. The SMILES string of the molecule is CC1CCC(C(=O)N(CC(C)C(=O)N2CCOCC2)c2cc(C#CC(C)(C)C)sc2C(=O)O)CC1.CC1CCC(C(=O)N(C[C@@H](C)C(=O)N2CCOCC2)c2cc(C#CC(C)(C)C)sc2C(=O)O)CC1.CC1CCC(C(=O)N(C[C@H](C)C(=O)N2CCOCC2)c2cc(C#CC(C)(C)C)sc2C(=O)O)CC1. The van der Waals surface area contributed by atoms with Crippen molar-refractivity contribution in [2.75, 3.05) is 113 Å². The number of anilines is 3. The van der Waals surface area contributed by atoms with Gasteiger partial charge in [-0.3, -0.25) is 28.8 Å². The number of carbonyl (C=O) groups excluding carboxylic acids is 6. The number of aromatic carboxylic acids is 3. The molecule has 6 aliphatic rings. The third kappa shape index (κ3) is 25.5. The number of morpholine rings is 3. The number of ether oxygens (including phenoxy) is 3. The molecule has 576 valence electrons. The van der Waals surface area contributed by atoms with Crippen molar-refractivity contribution in [2.45, 2.75) is 181 Å². The molecule has 0 spiro atoms. The number of carboxylic acid groups (broad SMARTS) is 3. The topological polar surface area (TPSA) is 261 Å². The van der Waals surface area contributed by atoms with Crippen molar-refractivity contribution in [3.05, 3.63) is 47.5 Å². The summed E-state index contributed by atoms with van der Waals surface area (Å²) in [6.45, 7) is 36.6. The van der Waals surface area contributed by atoms with Gasteiger partial charge >= 0.3 is 17.9 Å². The Bertz CT molecular complexity index is 3340. The van der Waals surface area contributed by atoms with Gasteiger partial charge in [0.2, 0.25) is 35.4 Å². The normalized spacial score (nSPS) is 21.6. The number of hydrogen-bond donors (Lipinski definition) is 3. The van der Waals surface area contributed by atoms with Crippen LogP contribution in [-0.2, 0) is 43.0 Å². The van der Waals surface area contributed by atoms with E-state index in [4.69, 9.17) is 14.2 Å². The van der Waals surface area contributed by atoms with Gasteiger partial charge in [0.1, 0.15) is 14.6 Å². The van der Waals surface area contributed by atoms with E-state index in [1.165, 1.54) is 0 Å². The third-order valence-corrected chi connectivity index (χ3v) is 22.9. The molecule has 6 heterocycles. The molecule has 0 aromatic carbocycles. The molecule has 105 heavy (non-hydrogen) atoms. The Balaban J connectivity index is 0.000000220. The smallest absolute Gasteiger partial charge is 0.348 e. The number of hydrogen-bond acceptors (Lipinski definition) is 15. The molecular formula is C81H114N6O15S3. The van der Waals surface area contributed by atoms with Gasteiger partial charge in [-0.25, -0.2) is 14.4 Å². The molecule has 3 N–H and O–H groups in total. The first-order valence-electron chi connectivity index (χ1n) is 37.6. The van der Waals surface area contributed by atoms with Crippen molar-refractivity contribution in [1.29, 1.82) is 0 Å². The van der Waals surface area contributed by atoms with E-state index >= 15 is 0 Å². The molecule has 1 unspecified atom stereocenters. The van der Waals surface area contributed by atoms with Crippen LogP contribution >= 0.6 is 34.0 Å². The molecule has 3 aromatic heterocycles. The summed E-state index contributed by atoms with van der Waals surface area (Å²) in [5.74, 6) is 14.9. The van der Waals surface area contributed by atoms with E-state index in [1.807, 2.05) is 83.1 Å². The van der Waals surface area contributed by atoms with Gasteiger partial charge in [0.05, 0.1) is 89.1 Å². The zero-order chi connectivity index (χ0) is 77.3. The van der Waals surface area contributed by atoms with Crippen LogP contribution in [0.4, 0.5) is 17.1 Å². The lowest BCUT2D eigenvalue weighted by Gasteiger charge is -2.34. The zero-order valence-electron chi connectivity index (χ0n) is 64.7. The Morgan fingerprint density at radius 1 is 0.400 bits per heavy atom. The molecule has 3 saturated carbocycles. The molecule has 3 atom stereocenters. The Labute approximate surface area is 634 Å². The van der Waals surface area contributed by atoms with Crippen LogP contribution in [0.5, 0.6) is 0 Å². The van der Waals surface area contributed by atoms with Crippen LogP contribution in [0.3, 0.4) is 0 Å². The standard InChI is InChI=1S/3C27H38N2O5S/c3*1-18-6-8-20(9-7-18)25(31)29(17-19(2)24(30)28-12-14-34-15-13-28)22-16-21(10-11-27(3,4)5)35-23(22)26(32)33/h3*16,18-20H,6-9,12-15,17H2,1-5H3,(H,32,33)/t2*18?,19-,20?;/m10./s1. The number of carboxylic acids is 3. The highest BCUT2D eigenvalue weighted by molar-refractivity contribution is 7.15. The number of carbonyl (C=O) groups is 9. The number of thiophene rings is 3. The van der Waals surface area contributed by atoms with Crippen molar-refractivity contribution in [2.24, 2.45) is 69.5 Å². The van der Waals surface area contributed by atoms with Gasteiger partial charge in [-0.05, 0) is 175 Å². The molecule has 3 saturated heterocycles. The van der Waals surface area contributed by atoms with Gasteiger partial charge in [-0.15, -0.1) is 34.0 Å². The van der Waals surface area contributed by atoms with Gasteiger partial charge in [0.25, 0.3) is 0 Å². The second-order valence-electron chi connectivity index (χ2n) is 32.6. The third-order valence-electron chi connectivity index (χ3n) is 19.8. The van der Waals surface area contributed by atoms with Crippen molar-refractivity contribution in [1.82, 2.24) is 14.7 Å². The minimum atomic E-state index is -1.09. The summed E-state index contributed by atoms with van der Waals surface area (Å²) in [7, 11) is 0. The summed E-state index contributed by atoms with van der Waals surface area (Å²) in [6, 6.07) is 5.13. The first kappa shape index (κ1) is 85.1. The molecule has 9 rings (SSSR count). The lowest BCUT2D eigenvalue weighted by atomic mass is 9.82. The molecule has 6 fully saturated rings. The van der Waals surface area contributed by atoms with E-state index in [9.17, 15) is 58.5 Å². The largest absolute Gasteiger partial charge is 0.477 e. The average Bonchev–Trinajstić information content (AvgIpc) is 1.72. The molecular weight excluding hydrogens is 1390 g/mol. The Hall–Kier alpha value is -7.11. The van der Waals surface area contributed by atoms with E-state index in [-0.39, 0.29) is 104 Å². The maximum absolute atomic E-state index is 13.8. The zero-order valence-corrected chi connectivity index (χ0v) is 67.1. The fourth-order valence-corrected chi connectivity index (χ4v) is 16.1. The summed E-state index contributed by atoms with van der Waals surface area (Å²) >= 11 is 3.26. The summed E-state index contributed by atoms with van der Waals surface area (Å²) < 4.78 is 16.1. The Kier molecular flexibility index (Phi) is 31.3. The van der Waals surface area contributed by atoms with Gasteiger partial charge in [0.15, 0.2) is 0 Å². The summed E-state index contributed by atoms with van der Waals surface area (Å²) in [4.78, 5) is 129. The van der Waals surface area contributed by atoms with E-state index in [1.54, 1.807) is 47.6 Å². The molecule has 6 amide bonds. The lowest BCUT2D eigenvalue weighted by Crippen LogP contribution is -2.48. The summed E-state index contributed by atoms with van der Waals surface area (Å²) in [5, 5.41) is 29.9. The predicted octanol–water partition coefficient (Wildman–Crippen LogP) is 13.5. The van der Waals surface area contributed by atoms with Crippen molar-refractivity contribution < 1.29 is 72.7 Å². The maximum Gasteiger partial charge on any atom is 0.348 e. The fourth-order valence-electron chi connectivity index (χ4n) is 13.6. The monoisotopic (exact) mass is 1510 g/mol. The second kappa shape index (κ2) is 38.6. The highest BCUT2D eigenvalue weighted by atomic mass is 32.1. The van der Waals surface area contributed by atoms with Gasteiger partial charge in [0, 0.05) is 92.9 Å². The van der Waals surface area contributed by atoms with Crippen LogP contribution < -0.4 is 14.7 Å². The van der Waals surface area contributed by atoms with Crippen LogP contribution in [0.2, 0.25) is 0 Å². The first-order chi connectivity index (χ1) is 49.4. The van der Waals surface area contributed by atoms with Crippen LogP contribution in [0, 0.1) is 105 Å². The minimum Gasteiger partial charge on any atom is -0.477 e. The lowest BCUT2D eigenvalue weighted by molar-refractivity contribution is -0.139. The summed E-state index contributed by atoms with van der Waals surface area (Å²) in [5.41, 5.74) is 0.353. The van der Waals surface area contributed by atoms with Crippen molar-refractivity contribution in [3.63, 3.8) is 0 Å². The van der Waals surface area contributed by atoms with Gasteiger partial charge in [-0.1, -0.05) is 77.1 Å². The van der Waals surface area contributed by atoms with Gasteiger partial charge < -0.3 is 58.9 Å². The van der Waals surface area contributed by atoms with E-state index in [0.717, 1.165) is 111 Å².